The number of rotatable bonds is 10. The molecule has 2 N–H and O–H groups in total. The fourth-order valence-electron chi connectivity index (χ4n) is 6.11. The highest BCUT2D eigenvalue weighted by atomic mass is 35.5. The van der Waals surface area contributed by atoms with E-state index in [4.69, 9.17) is 21.1 Å². The van der Waals surface area contributed by atoms with Crippen molar-refractivity contribution in [3.8, 4) is 28.4 Å². The smallest absolute Gasteiger partial charge is 0.153 e. The summed E-state index contributed by atoms with van der Waals surface area (Å²) in [6.07, 6.45) is 4.51. The van der Waals surface area contributed by atoms with Gasteiger partial charge >= 0.3 is 0 Å². The molecular weight excluding hydrogens is 514 g/mol. The maximum absolute atomic E-state index is 11.0. The number of likely N-dealkylation sites (tertiary alicyclic amines) is 1. The highest BCUT2D eigenvalue weighted by Gasteiger charge is 2.47. The molecule has 39 heavy (non-hydrogen) atoms. The Bertz CT molecular complexity index is 1350. The third kappa shape index (κ3) is 5.93. The van der Waals surface area contributed by atoms with Crippen LogP contribution < -0.4 is 9.47 Å². The van der Waals surface area contributed by atoms with Crippen molar-refractivity contribution in [2.75, 3.05) is 26.2 Å². The molecule has 1 atom stereocenters. The Kier molecular flexibility index (Phi) is 8.17. The molecule has 2 aliphatic rings. The van der Waals surface area contributed by atoms with Crippen molar-refractivity contribution >= 4 is 17.9 Å². The van der Waals surface area contributed by atoms with E-state index in [2.05, 4.69) is 30.9 Å². The zero-order chi connectivity index (χ0) is 27.6. The fourth-order valence-corrected chi connectivity index (χ4v) is 6.33. The molecule has 1 saturated carbocycles. The molecule has 0 bridgehead atoms. The van der Waals surface area contributed by atoms with Gasteiger partial charge in [-0.2, -0.15) is 0 Å². The van der Waals surface area contributed by atoms with Gasteiger partial charge in [-0.3, -0.25) is 4.79 Å². The lowest BCUT2D eigenvalue weighted by Gasteiger charge is -2.48. The quantitative estimate of drug-likeness (QED) is 0.227. The third-order valence-electron chi connectivity index (χ3n) is 8.28. The van der Waals surface area contributed by atoms with Gasteiger partial charge in [0.25, 0.3) is 0 Å². The molecule has 1 spiro atoms. The van der Waals surface area contributed by atoms with Gasteiger partial charge < -0.3 is 24.6 Å². The summed E-state index contributed by atoms with van der Waals surface area (Å²) in [4.78, 5) is 13.5. The Morgan fingerprint density at radius 3 is 2.51 bits per heavy atom. The van der Waals surface area contributed by atoms with Crippen LogP contribution in [0.5, 0.6) is 17.2 Å². The number of phenolic OH excluding ortho intramolecular Hbond substituents is 1. The molecule has 206 valence electrons. The molecule has 6 nitrogen and oxygen atoms in total. The molecule has 2 fully saturated rings. The molecule has 7 heteroatoms. The van der Waals surface area contributed by atoms with Crippen LogP contribution in [0.15, 0.2) is 48.5 Å². The van der Waals surface area contributed by atoms with Gasteiger partial charge in [-0.05, 0) is 84.9 Å². The lowest BCUT2D eigenvalue weighted by atomic mass is 9.78. The number of carbonyl (C=O) groups is 1. The van der Waals surface area contributed by atoms with E-state index in [0.29, 0.717) is 24.1 Å². The van der Waals surface area contributed by atoms with Gasteiger partial charge in [-0.15, -0.1) is 0 Å². The van der Waals surface area contributed by atoms with Crippen molar-refractivity contribution in [1.82, 2.24) is 4.90 Å². The van der Waals surface area contributed by atoms with Crippen molar-refractivity contribution in [2.24, 2.45) is 5.41 Å². The number of aliphatic hydroxyl groups excluding tert-OH is 1. The number of halogens is 1. The molecule has 1 saturated heterocycles. The number of hydrogen-bond acceptors (Lipinski definition) is 6. The van der Waals surface area contributed by atoms with E-state index in [0.717, 1.165) is 78.9 Å². The topological polar surface area (TPSA) is 79.2 Å². The molecule has 1 heterocycles. The van der Waals surface area contributed by atoms with Gasteiger partial charge in [-0.25, -0.2) is 0 Å². The lowest BCUT2D eigenvalue weighted by Crippen LogP contribution is -2.55. The average Bonchev–Trinajstić information content (AvgIpc) is 3.30. The van der Waals surface area contributed by atoms with Gasteiger partial charge in [0.05, 0.1) is 23.3 Å². The molecule has 1 aliphatic carbocycles. The van der Waals surface area contributed by atoms with Gasteiger partial charge in [0.1, 0.15) is 23.9 Å². The first-order valence-corrected chi connectivity index (χ1v) is 14.0. The molecule has 1 unspecified atom stereocenters. The standard InChI is InChI=1S/C32H36ClNO5/c1-21-23(18-39-31-15-29(37)24(17-35)14-28(31)33)6-3-7-26(21)27-8-4-9-30(22(27)2)38-13-5-12-34-19-32(20-34)11-10-25(36)16-32/h3-4,6-9,14-15,17,25,36-37H,5,10-13,16,18-20H2,1-2H3. The van der Waals surface area contributed by atoms with Crippen LogP contribution >= 0.6 is 11.6 Å². The second-order valence-corrected chi connectivity index (χ2v) is 11.5. The van der Waals surface area contributed by atoms with E-state index in [-0.39, 0.29) is 29.0 Å². The first-order chi connectivity index (χ1) is 18.8. The molecule has 0 aromatic heterocycles. The zero-order valence-electron chi connectivity index (χ0n) is 22.6. The van der Waals surface area contributed by atoms with Crippen molar-refractivity contribution in [1.29, 1.82) is 0 Å². The Labute approximate surface area is 235 Å². The number of nitrogens with zero attached hydrogens (tertiary/aromatic N) is 1. The van der Waals surface area contributed by atoms with E-state index in [1.165, 1.54) is 12.1 Å². The molecular formula is C32H36ClNO5. The molecule has 3 aromatic rings. The van der Waals surface area contributed by atoms with Crippen LogP contribution in [0, 0.1) is 19.3 Å². The van der Waals surface area contributed by atoms with E-state index in [1.54, 1.807) is 0 Å². The van der Waals surface area contributed by atoms with Gasteiger partial charge in [-0.1, -0.05) is 41.9 Å². The number of aliphatic hydroxyl groups is 1. The van der Waals surface area contributed by atoms with Crippen LogP contribution in [0.3, 0.4) is 0 Å². The van der Waals surface area contributed by atoms with Crippen LogP contribution in [-0.4, -0.2) is 53.7 Å². The SMILES string of the molecule is Cc1c(COc2cc(O)c(C=O)cc2Cl)cccc1-c1cccc(OCCCN2CC3(CCC(O)C3)C2)c1C. The minimum absolute atomic E-state index is 0.0998. The van der Waals surface area contributed by atoms with Gasteiger partial charge in [0.2, 0.25) is 0 Å². The van der Waals surface area contributed by atoms with Crippen LogP contribution in [-0.2, 0) is 6.61 Å². The van der Waals surface area contributed by atoms with E-state index in [9.17, 15) is 15.0 Å². The van der Waals surface area contributed by atoms with Crippen molar-refractivity contribution in [3.05, 3.63) is 75.8 Å². The fraction of sp³-hybridized carbons (Fsp3) is 0.406. The average molecular weight is 550 g/mol. The summed E-state index contributed by atoms with van der Waals surface area (Å²) < 4.78 is 12.1. The first kappa shape index (κ1) is 27.5. The van der Waals surface area contributed by atoms with Crippen LogP contribution in [0.2, 0.25) is 5.02 Å². The first-order valence-electron chi connectivity index (χ1n) is 13.6. The molecule has 3 aromatic carbocycles. The maximum atomic E-state index is 11.0. The van der Waals surface area contributed by atoms with Crippen molar-refractivity contribution in [3.63, 3.8) is 0 Å². The molecule has 0 radical (unpaired) electrons. The van der Waals surface area contributed by atoms with Crippen molar-refractivity contribution < 1.29 is 24.5 Å². The van der Waals surface area contributed by atoms with Crippen LogP contribution in [0.1, 0.15) is 52.7 Å². The molecule has 5 rings (SSSR count). The number of carbonyl (C=O) groups excluding carboxylic acids is 1. The van der Waals surface area contributed by atoms with Gasteiger partial charge in [0.15, 0.2) is 6.29 Å². The Morgan fingerprint density at radius 1 is 1.05 bits per heavy atom. The Balaban J connectivity index is 1.20. The number of benzene rings is 3. The summed E-state index contributed by atoms with van der Waals surface area (Å²) in [7, 11) is 0. The highest BCUT2D eigenvalue weighted by Crippen LogP contribution is 2.45. The minimum Gasteiger partial charge on any atom is -0.507 e. The second kappa shape index (κ2) is 11.6. The number of ether oxygens (including phenoxy) is 2. The predicted molar refractivity (Wildman–Crippen MR) is 153 cm³/mol. The van der Waals surface area contributed by atoms with Crippen LogP contribution in [0.25, 0.3) is 11.1 Å². The number of aldehydes is 1. The van der Waals surface area contributed by atoms with E-state index in [1.807, 2.05) is 24.3 Å². The number of aromatic hydroxyl groups is 1. The normalized spacial score (nSPS) is 18.2. The summed E-state index contributed by atoms with van der Waals surface area (Å²) in [5.74, 6) is 1.06. The summed E-state index contributed by atoms with van der Waals surface area (Å²) in [5.41, 5.74) is 5.90. The third-order valence-corrected chi connectivity index (χ3v) is 8.58. The largest absolute Gasteiger partial charge is 0.507 e. The van der Waals surface area contributed by atoms with Gasteiger partial charge in [0, 0.05) is 25.7 Å². The second-order valence-electron chi connectivity index (χ2n) is 11.1. The summed E-state index contributed by atoms with van der Waals surface area (Å²) in [6, 6.07) is 15.0. The summed E-state index contributed by atoms with van der Waals surface area (Å²) in [6.45, 7) is 8.33. The Hall–Kier alpha value is -3.06. The minimum atomic E-state index is -0.162. The zero-order valence-corrected chi connectivity index (χ0v) is 23.3. The lowest BCUT2D eigenvalue weighted by molar-refractivity contribution is -0.00612. The van der Waals surface area contributed by atoms with Crippen LogP contribution in [0.4, 0.5) is 0 Å². The number of phenols is 1. The van der Waals surface area contributed by atoms with E-state index < -0.39 is 0 Å². The number of hydrogen-bond donors (Lipinski definition) is 2. The predicted octanol–water partition coefficient (Wildman–Crippen LogP) is 6.34. The Morgan fingerprint density at radius 2 is 1.79 bits per heavy atom. The summed E-state index contributed by atoms with van der Waals surface area (Å²) in [5, 5.41) is 20.1. The highest BCUT2D eigenvalue weighted by molar-refractivity contribution is 6.32. The molecule has 0 amide bonds. The maximum Gasteiger partial charge on any atom is 0.153 e. The summed E-state index contributed by atoms with van der Waals surface area (Å²) >= 11 is 6.25. The monoisotopic (exact) mass is 549 g/mol. The molecule has 1 aliphatic heterocycles. The van der Waals surface area contributed by atoms with Crippen molar-refractivity contribution in [2.45, 2.75) is 52.2 Å². The van der Waals surface area contributed by atoms with E-state index >= 15 is 0 Å².